The van der Waals surface area contributed by atoms with Gasteiger partial charge in [-0.25, -0.2) is 0 Å². The average molecular weight is 114 g/mol. The van der Waals surface area contributed by atoms with E-state index in [1.54, 1.807) is 0 Å². The molecule has 2 N–H and O–H groups in total. The molecule has 0 rings (SSSR count). The summed E-state index contributed by atoms with van der Waals surface area (Å²) < 4.78 is 0. The molecule has 0 aromatic rings. The van der Waals surface area contributed by atoms with Crippen LogP contribution in [0, 0.1) is 0 Å². The van der Waals surface area contributed by atoms with Crippen LogP contribution in [-0.2, 0) is 0 Å². The fourth-order valence-corrected chi connectivity index (χ4v) is 0. The molecular weight excluding hydrogens is 110 g/mol. The van der Waals surface area contributed by atoms with Crippen LogP contribution in [0.3, 0.4) is 0 Å². The second kappa shape index (κ2) is 16.4. The minimum atomic E-state index is 0. The van der Waals surface area contributed by atoms with Gasteiger partial charge in [0.25, 0.3) is 0 Å². The van der Waals surface area contributed by atoms with Gasteiger partial charge < -0.3 is 2.85 Å². The normalized spacial score (nSPS) is 1.50. The first-order chi connectivity index (χ1) is 1.00. The molecule has 0 aliphatic carbocycles. The first kappa shape index (κ1) is 15.7. The summed E-state index contributed by atoms with van der Waals surface area (Å²) in [7, 11) is 0. The van der Waals surface area contributed by atoms with Crippen molar-refractivity contribution in [2.75, 3.05) is 0 Å². The third-order valence-electron chi connectivity index (χ3n) is 0. The Morgan fingerprint density at radius 2 is 1.00 bits per heavy atom. The van der Waals surface area contributed by atoms with Crippen LogP contribution in [0.15, 0.2) is 0 Å². The predicted octanol–water partition coefficient (Wildman–Crippen LogP) is -5.75. The van der Waals surface area contributed by atoms with Gasteiger partial charge in [-0.15, -0.1) is 0 Å². The summed E-state index contributed by atoms with van der Waals surface area (Å²) in [5.74, 6) is 0. The van der Waals surface area contributed by atoms with Gasteiger partial charge in [-0.05, 0) is 0 Å². The molecule has 0 unspecified atom stereocenters. The van der Waals surface area contributed by atoms with E-state index in [2.05, 4.69) is 0 Å². The Hall–Kier alpha value is 3.19. The van der Waals surface area contributed by atoms with E-state index in [1.807, 2.05) is 0 Å². The van der Waals surface area contributed by atoms with E-state index in [-0.39, 0.29) is 106 Å². The molecule has 0 amide bonds. The van der Waals surface area contributed by atoms with Crippen LogP contribution in [0.5, 0.6) is 0 Å². The van der Waals surface area contributed by atoms with Crippen molar-refractivity contribution in [3.8, 4) is 0 Å². The summed E-state index contributed by atoms with van der Waals surface area (Å²) in [6.07, 6.45) is 0. The van der Waals surface area contributed by atoms with E-state index in [0.717, 1.165) is 0 Å². The van der Waals surface area contributed by atoms with Crippen LogP contribution in [0.25, 0.3) is 0 Å². The minimum Gasteiger partial charge on any atom is -1.00 e. The van der Waals surface area contributed by atoms with Crippen molar-refractivity contribution in [2.45, 2.75) is 0 Å². The van der Waals surface area contributed by atoms with Crippen molar-refractivity contribution in [1.29, 1.82) is 0 Å². The molecule has 0 atom stereocenters. The van der Waals surface area contributed by atoms with Crippen molar-refractivity contribution in [3.05, 3.63) is 0 Å². The number of hydrogen-bond donors (Lipinski definition) is 2. The molecule has 0 heterocycles. The van der Waals surface area contributed by atoms with E-state index in [1.165, 1.54) is 0 Å². The first-order valence-electron chi connectivity index (χ1n) is 0.200. The van der Waals surface area contributed by atoms with Crippen LogP contribution in [0.2, 0.25) is 0 Å². The Labute approximate surface area is 113 Å². The molecule has 0 saturated carbocycles. The van der Waals surface area contributed by atoms with Crippen molar-refractivity contribution in [2.24, 2.45) is 0 Å². The van der Waals surface area contributed by atoms with E-state index in [4.69, 9.17) is 10.5 Å². The molecule has 18 valence electrons. The van der Waals surface area contributed by atoms with E-state index in [0.29, 0.717) is 0 Å². The molecule has 4 heteroatoms. The molecule has 0 aliphatic rings. The van der Waals surface area contributed by atoms with Gasteiger partial charge in [-0.2, -0.15) is 0 Å². The van der Waals surface area contributed by atoms with Gasteiger partial charge in [0.1, 0.15) is 0 Å². The molecule has 0 aliphatic heterocycles. The molecular formula is H4K2O2. The molecule has 0 aromatic carbocycles. The van der Waals surface area contributed by atoms with E-state index in [9.17, 15) is 0 Å². The molecule has 0 radical (unpaired) electrons. The fraction of sp³-hybridized carbons (Fsp3) is 0. The van der Waals surface area contributed by atoms with Crippen LogP contribution in [0.1, 0.15) is 2.85 Å². The Kier molecular flexibility index (Phi) is 64.3. The summed E-state index contributed by atoms with van der Waals surface area (Å²) >= 11 is 0. The third-order valence-corrected chi connectivity index (χ3v) is 0. The molecule has 0 spiro atoms. The number of rotatable bonds is 0. The van der Waals surface area contributed by atoms with E-state index < -0.39 is 0 Å². The van der Waals surface area contributed by atoms with Gasteiger partial charge in [-0.3, -0.25) is 10.5 Å². The Morgan fingerprint density at radius 3 is 1.00 bits per heavy atom. The van der Waals surface area contributed by atoms with Crippen LogP contribution < -0.4 is 103 Å². The Morgan fingerprint density at radius 1 is 1.00 bits per heavy atom. The molecule has 0 aromatic heterocycles. The van der Waals surface area contributed by atoms with Crippen LogP contribution >= 0.6 is 0 Å². The van der Waals surface area contributed by atoms with Gasteiger partial charge in [0.15, 0.2) is 0 Å². The minimum absolute atomic E-state index is 0. The fourth-order valence-electron chi connectivity index (χ4n) is 0. The van der Waals surface area contributed by atoms with Gasteiger partial charge in [0, 0.05) is 0 Å². The summed E-state index contributed by atoms with van der Waals surface area (Å²) in [4.78, 5) is 0. The zero-order chi connectivity index (χ0) is 2.00. The summed E-state index contributed by atoms with van der Waals surface area (Å²) in [5, 5.41) is 12.0. The van der Waals surface area contributed by atoms with Gasteiger partial charge in [-0.1, -0.05) is 0 Å². The molecule has 4 heavy (non-hydrogen) atoms. The topological polar surface area (TPSA) is 40.5 Å². The maximum atomic E-state index is 6.00. The first-order valence-corrected chi connectivity index (χ1v) is 0.200. The summed E-state index contributed by atoms with van der Waals surface area (Å²) in [5.41, 5.74) is 0. The van der Waals surface area contributed by atoms with E-state index >= 15 is 0 Å². The summed E-state index contributed by atoms with van der Waals surface area (Å²) in [6.45, 7) is 0. The average Bonchev–Trinajstić information content (AvgIpc) is 1.00. The SMILES string of the molecule is OO.[H-].[H-].[K+].[K+]. The Balaban J connectivity index is -0.000000000833. The second-order valence-corrected chi connectivity index (χ2v) is 0. The zero-order valence-electron chi connectivity index (χ0n) is 4.89. The zero-order valence-corrected chi connectivity index (χ0v) is 9.14. The van der Waals surface area contributed by atoms with Crippen molar-refractivity contribution < 1.29 is 116 Å². The van der Waals surface area contributed by atoms with Crippen molar-refractivity contribution >= 4 is 0 Å². The predicted molar refractivity (Wildman–Crippen MR) is 7.48 cm³/mol. The van der Waals surface area contributed by atoms with Crippen LogP contribution in [-0.4, -0.2) is 10.5 Å². The van der Waals surface area contributed by atoms with Crippen LogP contribution in [0.4, 0.5) is 0 Å². The third kappa shape index (κ3) is 8.95. The monoisotopic (exact) mass is 114 g/mol. The standard InChI is InChI=1S/2K.H2O2.2H/c;;1-2;;/h;;1-2H;;/q2*+1;;2*-1. The quantitative estimate of drug-likeness (QED) is 0.187. The van der Waals surface area contributed by atoms with Gasteiger partial charge in [0.05, 0.1) is 0 Å². The summed E-state index contributed by atoms with van der Waals surface area (Å²) in [6, 6.07) is 0. The van der Waals surface area contributed by atoms with Crippen molar-refractivity contribution in [1.82, 2.24) is 0 Å². The largest absolute Gasteiger partial charge is 1.00 e. The second-order valence-electron chi connectivity index (χ2n) is 0. The maximum Gasteiger partial charge on any atom is 1.00 e. The maximum absolute atomic E-state index is 6.00. The number of hydrogen-bond acceptors (Lipinski definition) is 2. The van der Waals surface area contributed by atoms with Gasteiger partial charge >= 0.3 is 103 Å². The van der Waals surface area contributed by atoms with Gasteiger partial charge in [0.2, 0.25) is 0 Å². The smallest absolute Gasteiger partial charge is 1.00 e. The van der Waals surface area contributed by atoms with Crippen molar-refractivity contribution in [3.63, 3.8) is 0 Å². The molecule has 0 bridgehead atoms. The molecule has 2 nitrogen and oxygen atoms in total. The Bertz CT molecular complexity index is 9.51. The molecule has 0 fully saturated rings. The molecule has 0 saturated heterocycles.